The fourth-order valence-electron chi connectivity index (χ4n) is 4.79. The second kappa shape index (κ2) is 7.63. The minimum Gasteiger partial charge on any atom is -0.507 e. The normalized spacial score (nSPS) is 22.9. The summed E-state index contributed by atoms with van der Waals surface area (Å²) in [7, 11) is 3.05. The van der Waals surface area contributed by atoms with Gasteiger partial charge in [-0.1, -0.05) is 18.2 Å². The van der Waals surface area contributed by atoms with E-state index in [1.807, 2.05) is 0 Å². The second-order valence-electron chi connectivity index (χ2n) is 7.95. The van der Waals surface area contributed by atoms with Crippen molar-refractivity contribution in [3.05, 3.63) is 59.2 Å². The molecule has 0 unspecified atom stereocenters. The van der Waals surface area contributed by atoms with Crippen molar-refractivity contribution in [3.63, 3.8) is 0 Å². The highest BCUT2D eigenvalue weighted by Gasteiger charge is 2.66. The SMILES string of the molecule is COCCN1C(=O)C(=O)/C(=C(/O)c2ccc3c(c2)OCCO3)[C@]12C(=O)N(C)c1ccccc12. The second-order valence-corrected chi connectivity index (χ2v) is 7.95. The molecule has 1 spiro atoms. The van der Waals surface area contributed by atoms with Crippen LogP contribution >= 0.6 is 0 Å². The van der Waals surface area contributed by atoms with Crippen molar-refractivity contribution in [2.24, 2.45) is 0 Å². The van der Waals surface area contributed by atoms with Crippen LogP contribution in [0.15, 0.2) is 48.0 Å². The molecule has 33 heavy (non-hydrogen) atoms. The van der Waals surface area contributed by atoms with Crippen molar-refractivity contribution in [1.29, 1.82) is 0 Å². The number of ether oxygens (including phenoxy) is 3. The van der Waals surface area contributed by atoms with Crippen LogP contribution in [0.1, 0.15) is 11.1 Å². The summed E-state index contributed by atoms with van der Waals surface area (Å²) in [4.78, 5) is 42.9. The highest BCUT2D eigenvalue weighted by Crippen LogP contribution is 2.53. The number of anilines is 1. The molecule has 1 saturated heterocycles. The van der Waals surface area contributed by atoms with E-state index in [0.717, 1.165) is 0 Å². The quantitative estimate of drug-likeness (QED) is 0.429. The predicted octanol–water partition coefficient (Wildman–Crippen LogP) is 1.66. The van der Waals surface area contributed by atoms with E-state index in [0.29, 0.717) is 36.0 Å². The zero-order valence-corrected chi connectivity index (χ0v) is 18.2. The third kappa shape index (κ3) is 2.78. The highest BCUT2D eigenvalue weighted by molar-refractivity contribution is 6.50. The molecule has 3 aliphatic heterocycles. The van der Waals surface area contributed by atoms with Crippen LogP contribution in [-0.2, 0) is 24.7 Å². The van der Waals surface area contributed by atoms with Gasteiger partial charge in [0, 0.05) is 37.5 Å². The number of hydrogen-bond donors (Lipinski definition) is 1. The van der Waals surface area contributed by atoms with Crippen molar-refractivity contribution in [3.8, 4) is 11.5 Å². The number of para-hydroxylation sites is 1. The first kappa shape index (κ1) is 21.0. The molecule has 0 saturated carbocycles. The lowest BCUT2D eigenvalue weighted by atomic mass is 9.82. The Morgan fingerprint density at radius 1 is 1.09 bits per heavy atom. The Balaban J connectivity index is 1.78. The van der Waals surface area contributed by atoms with E-state index in [1.54, 1.807) is 43.4 Å². The summed E-state index contributed by atoms with van der Waals surface area (Å²) < 4.78 is 16.3. The molecule has 2 amide bonds. The third-order valence-corrected chi connectivity index (χ3v) is 6.27. The number of methoxy groups -OCH3 is 1. The summed E-state index contributed by atoms with van der Waals surface area (Å²) in [5, 5.41) is 11.4. The number of aliphatic hydroxyl groups excluding tert-OH is 1. The van der Waals surface area contributed by atoms with Gasteiger partial charge in [0.2, 0.25) is 0 Å². The van der Waals surface area contributed by atoms with E-state index >= 15 is 0 Å². The molecule has 3 aliphatic rings. The predicted molar refractivity (Wildman–Crippen MR) is 117 cm³/mol. The topological polar surface area (TPSA) is 106 Å². The number of amides is 2. The Hall–Kier alpha value is -3.85. The van der Waals surface area contributed by atoms with Crippen LogP contribution < -0.4 is 14.4 Å². The molecular weight excluding hydrogens is 428 g/mol. The average Bonchev–Trinajstić information content (AvgIpc) is 3.20. The maximum Gasteiger partial charge on any atom is 0.296 e. The molecule has 0 bridgehead atoms. The van der Waals surface area contributed by atoms with E-state index in [1.165, 1.54) is 23.0 Å². The number of carbonyl (C=O) groups is 3. The van der Waals surface area contributed by atoms with E-state index < -0.39 is 28.9 Å². The van der Waals surface area contributed by atoms with Crippen LogP contribution in [-0.4, -0.2) is 68.1 Å². The van der Waals surface area contributed by atoms with Crippen LogP contribution in [0, 0.1) is 0 Å². The summed E-state index contributed by atoms with van der Waals surface area (Å²) >= 11 is 0. The van der Waals surface area contributed by atoms with E-state index in [4.69, 9.17) is 14.2 Å². The summed E-state index contributed by atoms with van der Waals surface area (Å²) in [5.74, 6) is -1.85. The number of carbonyl (C=O) groups excluding carboxylic acids is 3. The number of aliphatic hydroxyl groups is 1. The van der Waals surface area contributed by atoms with Gasteiger partial charge in [-0.3, -0.25) is 14.4 Å². The molecule has 1 atom stereocenters. The van der Waals surface area contributed by atoms with Crippen LogP contribution in [0.4, 0.5) is 5.69 Å². The van der Waals surface area contributed by atoms with Crippen molar-refractivity contribution in [2.45, 2.75) is 5.54 Å². The van der Waals surface area contributed by atoms with Crippen molar-refractivity contribution in [2.75, 3.05) is 45.4 Å². The van der Waals surface area contributed by atoms with Gasteiger partial charge in [0.15, 0.2) is 17.0 Å². The molecule has 9 heteroatoms. The lowest BCUT2D eigenvalue weighted by molar-refractivity contribution is -0.144. The average molecular weight is 450 g/mol. The Kier molecular flexibility index (Phi) is 4.86. The molecule has 5 rings (SSSR count). The van der Waals surface area contributed by atoms with Gasteiger partial charge in [0.1, 0.15) is 19.0 Å². The van der Waals surface area contributed by atoms with E-state index in [2.05, 4.69) is 0 Å². The number of rotatable bonds is 4. The summed E-state index contributed by atoms with van der Waals surface area (Å²) in [5.41, 5.74) is -0.827. The molecule has 0 radical (unpaired) electrons. The zero-order valence-electron chi connectivity index (χ0n) is 18.2. The van der Waals surface area contributed by atoms with Gasteiger partial charge in [-0.25, -0.2) is 0 Å². The Labute approximate surface area is 189 Å². The number of benzene rings is 2. The summed E-state index contributed by atoms with van der Waals surface area (Å²) in [6, 6.07) is 11.6. The van der Waals surface area contributed by atoms with Gasteiger partial charge in [0.25, 0.3) is 17.6 Å². The monoisotopic (exact) mass is 450 g/mol. The molecule has 2 aromatic rings. The smallest absolute Gasteiger partial charge is 0.296 e. The molecular formula is C24H22N2O7. The minimum absolute atomic E-state index is 0.00704. The number of fused-ring (bicyclic) bond motifs is 3. The fourth-order valence-corrected chi connectivity index (χ4v) is 4.79. The van der Waals surface area contributed by atoms with Crippen LogP contribution in [0.25, 0.3) is 5.76 Å². The van der Waals surface area contributed by atoms with Crippen molar-refractivity contribution in [1.82, 2.24) is 4.90 Å². The lowest BCUT2D eigenvalue weighted by Crippen LogP contribution is -2.52. The number of nitrogens with zero attached hydrogens (tertiary/aromatic N) is 2. The zero-order chi connectivity index (χ0) is 23.3. The Morgan fingerprint density at radius 2 is 1.82 bits per heavy atom. The van der Waals surface area contributed by atoms with Crippen LogP contribution in [0.3, 0.4) is 0 Å². The van der Waals surface area contributed by atoms with Crippen LogP contribution in [0.5, 0.6) is 11.5 Å². The van der Waals surface area contributed by atoms with Gasteiger partial charge >= 0.3 is 0 Å². The van der Waals surface area contributed by atoms with E-state index in [-0.39, 0.29) is 24.3 Å². The standard InChI is InChI=1S/C24H22N2O7/c1-25-16-6-4-3-5-15(16)24(23(25)30)19(21(28)22(29)26(24)9-10-31-2)20(27)14-7-8-17-18(13-14)33-12-11-32-17/h3-8,13,27H,9-12H2,1-2H3/b20-19-/t24-/m1/s1. The molecule has 170 valence electrons. The molecule has 0 aromatic heterocycles. The first-order chi connectivity index (χ1) is 15.9. The first-order valence-corrected chi connectivity index (χ1v) is 10.5. The van der Waals surface area contributed by atoms with Gasteiger partial charge in [-0.05, 0) is 24.3 Å². The van der Waals surface area contributed by atoms with Gasteiger partial charge in [-0.15, -0.1) is 0 Å². The minimum atomic E-state index is -1.80. The van der Waals surface area contributed by atoms with Gasteiger partial charge < -0.3 is 29.1 Å². The summed E-state index contributed by atoms with van der Waals surface area (Å²) in [6.07, 6.45) is 0. The number of likely N-dealkylation sites (tertiary alicyclic amines) is 1. The number of likely N-dealkylation sites (N-methyl/N-ethyl adjacent to an activating group) is 1. The third-order valence-electron chi connectivity index (χ3n) is 6.27. The summed E-state index contributed by atoms with van der Waals surface area (Å²) in [6.45, 7) is 0.850. The highest BCUT2D eigenvalue weighted by atomic mass is 16.6. The molecule has 2 aromatic carbocycles. The lowest BCUT2D eigenvalue weighted by Gasteiger charge is -2.34. The Bertz CT molecular complexity index is 1220. The van der Waals surface area contributed by atoms with Crippen molar-refractivity contribution < 1.29 is 33.7 Å². The van der Waals surface area contributed by atoms with Gasteiger partial charge in [-0.2, -0.15) is 0 Å². The maximum absolute atomic E-state index is 13.8. The number of Topliss-reactive ketones (excluding diaryl/α,β-unsaturated/α-hetero) is 1. The first-order valence-electron chi connectivity index (χ1n) is 10.5. The molecule has 1 fully saturated rings. The fraction of sp³-hybridized carbons (Fsp3) is 0.292. The van der Waals surface area contributed by atoms with E-state index in [9.17, 15) is 19.5 Å². The van der Waals surface area contributed by atoms with Crippen LogP contribution in [0.2, 0.25) is 0 Å². The Morgan fingerprint density at radius 3 is 2.58 bits per heavy atom. The molecule has 1 N–H and O–H groups in total. The number of hydrogen-bond acceptors (Lipinski definition) is 7. The molecule has 9 nitrogen and oxygen atoms in total. The largest absolute Gasteiger partial charge is 0.507 e. The van der Waals surface area contributed by atoms with Gasteiger partial charge in [0.05, 0.1) is 12.2 Å². The van der Waals surface area contributed by atoms with Crippen molar-refractivity contribution >= 4 is 29.0 Å². The maximum atomic E-state index is 13.8. The molecule has 3 heterocycles. The number of ketones is 1. The molecule has 0 aliphatic carbocycles.